The van der Waals surface area contributed by atoms with Crippen molar-refractivity contribution in [3.63, 3.8) is 0 Å². The summed E-state index contributed by atoms with van der Waals surface area (Å²) in [5, 5.41) is 7.89. The Morgan fingerprint density at radius 2 is 2.06 bits per heavy atom. The van der Waals surface area contributed by atoms with Crippen molar-refractivity contribution in [3.8, 4) is 0 Å². The molecule has 0 saturated carbocycles. The molecule has 0 bridgehead atoms. The van der Waals surface area contributed by atoms with E-state index in [0.29, 0.717) is 0 Å². The van der Waals surface area contributed by atoms with Crippen LogP contribution in [0.15, 0.2) is 0 Å². The maximum absolute atomic E-state index is 4.49. The van der Waals surface area contributed by atoms with Crippen LogP contribution in [0, 0.1) is 6.92 Å². The third kappa shape index (κ3) is 3.73. The maximum Gasteiger partial charge on any atom is 0.128 e. The quantitative estimate of drug-likeness (QED) is 0.792. The number of unbranched alkanes of at least 4 members (excludes halogenated alkanes) is 1. The van der Waals surface area contributed by atoms with Crippen LogP contribution in [0.25, 0.3) is 0 Å². The monoisotopic (exact) mass is 238 g/mol. The van der Waals surface area contributed by atoms with E-state index in [-0.39, 0.29) is 0 Å². The molecule has 0 fully saturated rings. The third-order valence-corrected chi connectivity index (χ3v) is 3.01. The Balaban J connectivity index is 2.74. The van der Waals surface area contributed by atoms with Crippen LogP contribution in [-0.2, 0) is 13.6 Å². The Bertz CT molecular complexity index is 343. The fraction of sp³-hybridized carbons (Fsp3) is 0.769. The van der Waals surface area contributed by atoms with Crippen LogP contribution >= 0.6 is 0 Å². The van der Waals surface area contributed by atoms with Gasteiger partial charge < -0.3 is 10.2 Å². The third-order valence-electron chi connectivity index (χ3n) is 3.01. The van der Waals surface area contributed by atoms with Crippen molar-refractivity contribution in [2.24, 2.45) is 7.05 Å². The lowest BCUT2D eigenvalue weighted by molar-refractivity contribution is 0.320. The van der Waals surface area contributed by atoms with Gasteiger partial charge in [0.05, 0.1) is 5.69 Å². The number of aromatic nitrogens is 2. The first-order valence-corrected chi connectivity index (χ1v) is 6.55. The van der Waals surface area contributed by atoms with Gasteiger partial charge in [-0.15, -0.1) is 0 Å². The van der Waals surface area contributed by atoms with E-state index in [4.69, 9.17) is 0 Å². The minimum absolute atomic E-state index is 0.935. The highest BCUT2D eigenvalue weighted by molar-refractivity contribution is 5.47. The predicted molar refractivity (Wildman–Crippen MR) is 73.4 cm³/mol. The van der Waals surface area contributed by atoms with Crippen LogP contribution in [0.2, 0.25) is 0 Å². The Labute approximate surface area is 105 Å². The van der Waals surface area contributed by atoms with E-state index in [1.54, 1.807) is 0 Å². The second-order valence-electron chi connectivity index (χ2n) is 4.66. The molecule has 0 atom stereocenters. The molecule has 1 heterocycles. The minimum Gasteiger partial charge on any atom is -0.370 e. The molecule has 0 saturated heterocycles. The smallest absolute Gasteiger partial charge is 0.128 e. The van der Waals surface area contributed by atoms with Crippen molar-refractivity contribution in [2.45, 2.75) is 40.2 Å². The van der Waals surface area contributed by atoms with E-state index in [1.807, 2.05) is 11.7 Å². The average molecular weight is 238 g/mol. The molecule has 0 aliphatic carbocycles. The first kappa shape index (κ1) is 14.0. The van der Waals surface area contributed by atoms with Gasteiger partial charge in [-0.05, 0) is 33.9 Å². The largest absolute Gasteiger partial charge is 0.370 e. The Hall–Kier alpha value is -1.03. The van der Waals surface area contributed by atoms with Crippen molar-refractivity contribution < 1.29 is 0 Å². The molecule has 98 valence electrons. The molecule has 1 aromatic heterocycles. The summed E-state index contributed by atoms with van der Waals surface area (Å²) >= 11 is 0. The zero-order chi connectivity index (χ0) is 12.8. The van der Waals surface area contributed by atoms with Crippen molar-refractivity contribution >= 4 is 5.82 Å². The summed E-state index contributed by atoms with van der Waals surface area (Å²) < 4.78 is 1.95. The van der Waals surface area contributed by atoms with Gasteiger partial charge in [-0.1, -0.05) is 13.3 Å². The summed E-state index contributed by atoms with van der Waals surface area (Å²) in [6.07, 6.45) is 2.50. The number of nitrogens with one attached hydrogen (secondary N) is 1. The molecule has 0 unspecified atom stereocenters. The number of rotatable bonds is 7. The fourth-order valence-corrected chi connectivity index (χ4v) is 2.06. The standard InChI is InChI=1S/C13H26N4/c1-6-8-9-16(4)10-12-11(3)15-17(5)13(12)14-7-2/h14H,6-10H2,1-5H3. The minimum atomic E-state index is 0.935. The molecule has 0 spiro atoms. The average Bonchev–Trinajstić information content (AvgIpc) is 2.54. The van der Waals surface area contributed by atoms with Gasteiger partial charge in [0.25, 0.3) is 0 Å². The van der Waals surface area contributed by atoms with Crippen LogP contribution in [-0.4, -0.2) is 34.8 Å². The van der Waals surface area contributed by atoms with Crippen LogP contribution in [0.4, 0.5) is 5.82 Å². The lowest BCUT2D eigenvalue weighted by atomic mass is 10.2. The van der Waals surface area contributed by atoms with Crippen molar-refractivity contribution in [1.29, 1.82) is 0 Å². The van der Waals surface area contributed by atoms with Crippen molar-refractivity contribution in [3.05, 3.63) is 11.3 Å². The Morgan fingerprint density at radius 3 is 2.65 bits per heavy atom. The van der Waals surface area contributed by atoms with Gasteiger partial charge in [0.15, 0.2) is 0 Å². The SMILES string of the molecule is CCCCN(C)Cc1c(C)nn(C)c1NCC. The second-order valence-corrected chi connectivity index (χ2v) is 4.66. The lowest BCUT2D eigenvalue weighted by Crippen LogP contribution is -2.20. The molecule has 1 aromatic rings. The highest BCUT2D eigenvalue weighted by Crippen LogP contribution is 2.20. The molecule has 0 radical (unpaired) electrons. The molecule has 0 aliphatic rings. The maximum atomic E-state index is 4.49. The molecule has 17 heavy (non-hydrogen) atoms. The summed E-state index contributed by atoms with van der Waals surface area (Å²) in [6.45, 7) is 9.49. The molecule has 4 heteroatoms. The summed E-state index contributed by atoms with van der Waals surface area (Å²) in [5.41, 5.74) is 2.46. The Morgan fingerprint density at radius 1 is 1.35 bits per heavy atom. The zero-order valence-corrected chi connectivity index (χ0v) is 11.9. The summed E-state index contributed by atoms with van der Waals surface area (Å²) in [5.74, 6) is 1.16. The highest BCUT2D eigenvalue weighted by Gasteiger charge is 2.13. The van der Waals surface area contributed by atoms with E-state index < -0.39 is 0 Å². The van der Waals surface area contributed by atoms with Crippen LogP contribution in [0.3, 0.4) is 0 Å². The number of hydrogen-bond donors (Lipinski definition) is 1. The van der Waals surface area contributed by atoms with Crippen LogP contribution in [0.5, 0.6) is 0 Å². The molecule has 1 rings (SSSR count). The molecule has 0 amide bonds. The number of anilines is 1. The summed E-state index contributed by atoms with van der Waals surface area (Å²) in [7, 11) is 4.18. The van der Waals surface area contributed by atoms with Gasteiger partial charge in [-0.3, -0.25) is 4.68 Å². The number of aryl methyl sites for hydroxylation is 2. The van der Waals surface area contributed by atoms with Crippen molar-refractivity contribution in [1.82, 2.24) is 14.7 Å². The molecule has 4 nitrogen and oxygen atoms in total. The molecular weight excluding hydrogens is 212 g/mol. The van der Waals surface area contributed by atoms with Gasteiger partial charge in [-0.2, -0.15) is 5.10 Å². The van der Waals surface area contributed by atoms with E-state index in [1.165, 1.54) is 18.4 Å². The molecule has 0 aromatic carbocycles. The molecule has 0 aliphatic heterocycles. The second kappa shape index (κ2) is 6.64. The van der Waals surface area contributed by atoms with Gasteiger partial charge in [0, 0.05) is 25.7 Å². The highest BCUT2D eigenvalue weighted by atomic mass is 15.3. The van der Waals surface area contributed by atoms with Crippen LogP contribution in [0.1, 0.15) is 37.9 Å². The van der Waals surface area contributed by atoms with Gasteiger partial charge in [0.1, 0.15) is 5.82 Å². The van der Waals surface area contributed by atoms with Crippen molar-refractivity contribution in [2.75, 3.05) is 25.5 Å². The normalized spacial score (nSPS) is 11.2. The first-order chi connectivity index (χ1) is 8.10. The Kier molecular flexibility index (Phi) is 5.48. The fourth-order valence-electron chi connectivity index (χ4n) is 2.06. The van der Waals surface area contributed by atoms with E-state index in [0.717, 1.165) is 31.1 Å². The zero-order valence-electron chi connectivity index (χ0n) is 11.9. The van der Waals surface area contributed by atoms with Gasteiger partial charge in [0.2, 0.25) is 0 Å². The summed E-state index contributed by atoms with van der Waals surface area (Å²) in [6, 6.07) is 0. The first-order valence-electron chi connectivity index (χ1n) is 6.55. The van der Waals surface area contributed by atoms with E-state index in [2.05, 4.69) is 43.1 Å². The van der Waals surface area contributed by atoms with E-state index >= 15 is 0 Å². The van der Waals surface area contributed by atoms with Gasteiger partial charge in [-0.25, -0.2) is 0 Å². The van der Waals surface area contributed by atoms with Gasteiger partial charge >= 0.3 is 0 Å². The topological polar surface area (TPSA) is 33.1 Å². The lowest BCUT2D eigenvalue weighted by Gasteiger charge is -2.17. The predicted octanol–water partition coefficient (Wildman–Crippen LogP) is 2.39. The molecule has 1 N–H and O–H groups in total. The van der Waals surface area contributed by atoms with E-state index in [9.17, 15) is 0 Å². The van der Waals surface area contributed by atoms with Crippen LogP contribution < -0.4 is 5.32 Å². The number of hydrogen-bond acceptors (Lipinski definition) is 3. The number of nitrogens with zero attached hydrogens (tertiary/aromatic N) is 3. The molecular formula is C13H26N4. The summed E-state index contributed by atoms with van der Waals surface area (Å²) in [4.78, 5) is 2.37.